The highest BCUT2D eigenvalue weighted by molar-refractivity contribution is 5.92. The topological polar surface area (TPSA) is 47.1 Å². The Morgan fingerprint density at radius 1 is 1.06 bits per heavy atom. The highest BCUT2D eigenvalue weighted by atomic mass is 19.1. The third-order valence-electron chi connectivity index (χ3n) is 6.99. The summed E-state index contributed by atoms with van der Waals surface area (Å²) < 4.78 is 14.2. The number of fused-ring (bicyclic) bond motifs is 1. The summed E-state index contributed by atoms with van der Waals surface area (Å²) in [6, 6.07) is 4.96. The van der Waals surface area contributed by atoms with Gasteiger partial charge in [0, 0.05) is 51.6 Å². The van der Waals surface area contributed by atoms with Crippen LogP contribution in [0.25, 0.3) is 0 Å². The van der Waals surface area contributed by atoms with Gasteiger partial charge in [0.25, 0.3) is 0 Å². The molecule has 2 heterocycles. The second-order valence-corrected chi connectivity index (χ2v) is 9.40. The minimum Gasteiger partial charge on any atom is -0.337 e. The first-order valence-corrected chi connectivity index (χ1v) is 12.1. The van der Waals surface area contributed by atoms with E-state index in [2.05, 4.69) is 30.6 Å². The lowest BCUT2D eigenvalue weighted by atomic mass is 9.95. The first-order chi connectivity index (χ1) is 15.3. The molecule has 0 radical (unpaired) electrons. The number of halogens is 1. The highest BCUT2D eigenvalue weighted by Gasteiger charge is 2.30. The van der Waals surface area contributed by atoms with Crippen molar-refractivity contribution in [2.45, 2.75) is 59.5 Å². The summed E-state index contributed by atoms with van der Waals surface area (Å²) in [6.45, 7) is 14.2. The molecular weight excluding hydrogens is 407 g/mol. The molecule has 6 nitrogen and oxygen atoms in total. The van der Waals surface area contributed by atoms with E-state index in [1.807, 2.05) is 4.90 Å². The molecule has 0 N–H and O–H groups in total. The number of rotatable bonds is 3. The summed E-state index contributed by atoms with van der Waals surface area (Å²) in [7, 11) is 0. The average molecular weight is 447 g/mol. The van der Waals surface area contributed by atoms with Gasteiger partial charge in [0.2, 0.25) is 11.8 Å². The molecule has 0 aliphatic carbocycles. The van der Waals surface area contributed by atoms with E-state index < -0.39 is 0 Å². The van der Waals surface area contributed by atoms with Crippen molar-refractivity contribution in [1.82, 2.24) is 14.7 Å². The minimum atomic E-state index is -0.363. The minimum absolute atomic E-state index is 0.0308. The van der Waals surface area contributed by atoms with Gasteiger partial charge >= 0.3 is 0 Å². The van der Waals surface area contributed by atoms with Crippen LogP contribution in [0.15, 0.2) is 18.2 Å². The molecule has 1 fully saturated rings. The first-order valence-electron chi connectivity index (χ1n) is 12.1. The lowest BCUT2D eigenvalue weighted by molar-refractivity contribution is -0.138. The summed E-state index contributed by atoms with van der Waals surface area (Å²) >= 11 is 0. The predicted octanol–water partition coefficient (Wildman–Crippen LogP) is 3.35. The van der Waals surface area contributed by atoms with Crippen molar-refractivity contribution in [3.63, 3.8) is 0 Å². The second-order valence-electron chi connectivity index (χ2n) is 9.40. The lowest BCUT2D eigenvalue weighted by Crippen LogP contribution is -2.45. The van der Waals surface area contributed by atoms with Gasteiger partial charge in [-0.1, -0.05) is 13.0 Å². The summed E-state index contributed by atoms with van der Waals surface area (Å²) in [6.07, 6.45) is 2.57. The van der Waals surface area contributed by atoms with Gasteiger partial charge in [0.05, 0.1) is 5.69 Å². The quantitative estimate of drug-likeness (QED) is 0.715. The van der Waals surface area contributed by atoms with Gasteiger partial charge in [-0.3, -0.25) is 14.5 Å². The highest BCUT2D eigenvalue weighted by Crippen LogP contribution is 2.27. The van der Waals surface area contributed by atoms with Crippen LogP contribution in [0.3, 0.4) is 0 Å². The summed E-state index contributed by atoms with van der Waals surface area (Å²) in [4.78, 5) is 34.4. The molecule has 0 unspecified atom stereocenters. The van der Waals surface area contributed by atoms with E-state index in [1.165, 1.54) is 19.1 Å². The third-order valence-corrected chi connectivity index (χ3v) is 6.99. The van der Waals surface area contributed by atoms with Gasteiger partial charge in [-0.2, -0.15) is 0 Å². The van der Waals surface area contributed by atoms with Crippen molar-refractivity contribution in [2.24, 2.45) is 5.92 Å². The molecule has 7 heteroatoms. The lowest BCUT2D eigenvalue weighted by Gasteiger charge is -2.35. The van der Waals surface area contributed by atoms with E-state index in [1.54, 1.807) is 11.0 Å². The number of piperidine rings is 1. The van der Waals surface area contributed by atoms with Gasteiger partial charge in [-0.25, -0.2) is 4.39 Å². The normalized spacial score (nSPS) is 20.2. The zero-order valence-corrected chi connectivity index (χ0v) is 20.1. The molecule has 1 aromatic carbocycles. The van der Waals surface area contributed by atoms with Gasteiger partial charge in [0.15, 0.2) is 0 Å². The van der Waals surface area contributed by atoms with E-state index in [4.69, 9.17) is 0 Å². The van der Waals surface area contributed by atoms with Crippen LogP contribution in [-0.4, -0.2) is 78.4 Å². The Morgan fingerprint density at radius 2 is 1.78 bits per heavy atom. The Kier molecular flexibility index (Phi) is 8.65. The molecule has 1 saturated heterocycles. The fourth-order valence-electron chi connectivity index (χ4n) is 4.91. The standard InChI is InChI=1S/C25H39FN4O2/c1-5-27-13-9-21(10-14-27)25(32)29-16-15-28(19(2)3)11-6-12-30(20(4)31)24-17-23(26)8-7-22(24)18-29/h7-8,17,19,21H,5-6,9-16,18H2,1-4H3. The monoisotopic (exact) mass is 446 g/mol. The molecule has 32 heavy (non-hydrogen) atoms. The van der Waals surface area contributed by atoms with Gasteiger partial charge in [-0.15, -0.1) is 0 Å². The Morgan fingerprint density at radius 3 is 2.41 bits per heavy atom. The summed E-state index contributed by atoms with van der Waals surface area (Å²) in [5.74, 6) is -0.243. The maximum absolute atomic E-state index is 14.2. The van der Waals surface area contributed by atoms with Gasteiger partial charge in [-0.05, 0) is 70.4 Å². The van der Waals surface area contributed by atoms with Crippen molar-refractivity contribution < 1.29 is 14.0 Å². The van der Waals surface area contributed by atoms with E-state index in [-0.39, 0.29) is 23.5 Å². The Bertz CT molecular complexity index is 792. The summed E-state index contributed by atoms with van der Waals surface area (Å²) in [5.41, 5.74) is 1.42. The first kappa shape index (κ1) is 24.6. The molecule has 0 saturated carbocycles. The smallest absolute Gasteiger partial charge is 0.226 e. The maximum atomic E-state index is 14.2. The SMILES string of the molecule is CCN1CCC(C(=O)N2CCN(C(C)C)CCCN(C(C)=O)c3cc(F)ccc3C2)CC1. The largest absolute Gasteiger partial charge is 0.337 e. The third kappa shape index (κ3) is 6.07. The number of likely N-dealkylation sites (tertiary alicyclic amines) is 1. The number of carbonyl (C=O) groups excluding carboxylic acids is 2. The van der Waals surface area contributed by atoms with Crippen molar-refractivity contribution in [2.75, 3.05) is 50.7 Å². The average Bonchev–Trinajstić information content (AvgIpc) is 2.81. The van der Waals surface area contributed by atoms with Crippen molar-refractivity contribution in [3.8, 4) is 0 Å². The molecule has 0 aromatic heterocycles. The van der Waals surface area contributed by atoms with Crippen molar-refractivity contribution in [3.05, 3.63) is 29.6 Å². The Balaban J connectivity index is 1.90. The van der Waals surface area contributed by atoms with Crippen LogP contribution in [0.1, 0.15) is 52.5 Å². The van der Waals surface area contributed by atoms with E-state index >= 15 is 0 Å². The molecule has 2 aliphatic rings. The zero-order chi connectivity index (χ0) is 23.3. The van der Waals surface area contributed by atoms with Crippen molar-refractivity contribution in [1.29, 1.82) is 0 Å². The molecule has 3 rings (SSSR count). The number of hydrogen-bond acceptors (Lipinski definition) is 4. The van der Waals surface area contributed by atoms with E-state index in [9.17, 15) is 14.0 Å². The molecule has 178 valence electrons. The molecule has 2 aliphatic heterocycles. The molecular formula is C25H39FN4O2. The van der Waals surface area contributed by atoms with Crippen LogP contribution in [-0.2, 0) is 16.1 Å². The summed E-state index contributed by atoms with van der Waals surface area (Å²) in [5, 5.41) is 0. The van der Waals surface area contributed by atoms with Gasteiger partial charge < -0.3 is 14.7 Å². The van der Waals surface area contributed by atoms with E-state index in [0.717, 1.165) is 57.5 Å². The maximum Gasteiger partial charge on any atom is 0.226 e. The Hall–Kier alpha value is -1.99. The second kappa shape index (κ2) is 11.2. The number of anilines is 1. The van der Waals surface area contributed by atoms with Crippen LogP contribution in [0.2, 0.25) is 0 Å². The fraction of sp³-hybridized carbons (Fsp3) is 0.680. The molecule has 0 spiro atoms. The zero-order valence-electron chi connectivity index (χ0n) is 20.1. The van der Waals surface area contributed by atoms with Gasteiger partial charge in [0.1, 0.15) is 5.82 Å². The molecule has 1 aromatic rings. The van der Waals surface area contributed by atoms with Crippen LogP contribution < -0.4 is 4.90 Å². The van der Waals surface area contributed by atoms with Crippen LogP contribution >= 0.6 is 0 Å². The predicted molar refractivity (Wildman–Crippen MR) is 126 cm³/mol. The van der Waals surface area contributed by atoms with Crippen molar-refractivity contribution >= 4 is 17.5 Å². The molecule has 2 amide bonds. The van der Waals surface area contributed by atoms with E-state index in [0.29, 0.717) is 31.4 Å². The van der Waals surface area contributed by atoms with Crippen LogP contribution in [0.4, 0.5) is 10.1 Å². The number of nitrogens with zero attached hydrogens (tertiary/aromatic N) is 4. The number of carbonyl (C=O) groups is 2. The number of hydrogen-bond donors (Lipinski definition) is 0. The number of amides is 2. The fourth-order valence-corrected chi connectivity index (χ4v) is 4.91. The molecule has 0 bridgehead atoms. The van der Waals surface area contributed by atoms with Crippen LogP contribution in [0, 0.1) is 11.7 Å². The molecule has 0 atom stereocenters. The Labute approximate surface area is 192 Å². The number of benzene rings is 1. The van der Waals surface area contributed by atoms with Crippen LogP contribution in [0.5, 0.6) is 0 Å².